The van der Waals surface area contributed by atoms with Gasteiger partial charge in [0, 0.05) is 6.42 Å². The van der Waals surface area contributed by atoms with Gasteiger partial charge in [0.15, 0.2) is 18.9 Å². The number of nitrogens with one attached hydrogen (secondary N) is 1. The van der Waals surface area contributed by atoms with Gasteiger partial charge in [-0.15, -0.1) is 0 Å². The van der Waals surface area contributed by atoms with E-state index in [-0.39, 0.29) is 18.9 Å². The molecular weight excluding hydrogens is 1270 g/mol. The molecule has 0 spiro atoms. The maximum atomic E-state index is 13.5. The van der Waals surface area contributed by atoms with Gasteiger partial charge >= 0.3 is 0 Å². The molecular formula is C81H151NO18. The minimum Gasteiger partial charge on any atom is -0.394 e. The van der Waals surface area contributed by atoms with Crippen LogP contribution in [-0.4, -0.2) is 193 Å². The summed E-state index contributed by atoms with van der Waals surface area (Å²) in [6, 6.07) is -0.996. The predicted molar refractivity (Wildman–Crippen MR) is 397 cm³/mol. The highest BCUT2D eigenvalue weighted by atomic mass is 16.8. The molecule has 17 unspecified atom stereocenters. The predicted octanol–water partition coefficient (Wildman–Crippen LogP) is 13.9. The van der Waals surface area contributed by atoms with Crippen LogP contribution in [0.1, 0.15) is 341 Å². The van der Waals surface area contributed by atoms with E-state index < -0.39 is 124 Å². The molecule has 0 saturated carbocycles. The van der Waals surface area contributed by atoms with E-state index >= 15 is 0 Å². The Morgan fingerprint density at radius 3 is 1.00 bits per heavy atom. The van der Waals surface area contributed by atoms with Crippen LogP contribution in [0, 0.1) is 0 Å². The Morgan fingerprint density at radius 2 is 0.640 bits per heavy atom. The Bertz CT molecular complexity index is 1950. The summed E-state index contributed by atoms with van der Waals surface area (Å²) in [4.78, 5) is 13.5. The van der Waals surface area contributed by atoms with Crippen LogP contribution in [-0.2, 0) is 33.2 Å². The summed E-state index contributed by atoms with van der Waals surface area (Å²) in [5.74, 6) is -0.283. The van der Waals surface area contributed by atoms with Gasteiger partial charge in [0.05, 0.1) is 38.6 Å². The molecule has 3 fully saturated rings. The van der Waals surface area contributed by atoms with Gasteiger partial charge in [-0.2, -0.15) is 0 Å². The van der Waals surface area contributed by atoms with Gasteiger partial charge in [-0.3, -0.25) is 4.79 Å². The minimum atomic E-state index is -1.98. The Hall–Kier alpha value is -1.99. The number of ether oxygens (including phenoxy) is 6. The molecule has 0 aliphatic carbocycles. The summed E-state index contributed by atoms with van der Waals surface area (Å²) in [7, 11) is 0. The molecule has 12 N–H and O–H groups in total. The lowest BCUT2D eigenvalue weighted by Crippen LogP contribution is -2.66. The molecule has 0 bridgehead atoms. The molecule has 3 saturated heterocycles. The fraction of sp³-hybridized carbons (Fsp3) is 0.914. The van der Waals surface area contributed by atoms with E-state index in [0.717, 1.165) is 44.9 Å². The van der Waals surface area contributed by atoms with Crippen LogP contribution in [0.2, 0.25) is 0 Å². The van der Waals surface area contributed by atoms with Crippen molar-refractivity contribution in [1.82, 2.24) is 5.32 Å². The van der Waals surface area contributed by atoms with E-state index in [0.29, 0.717) is 12.8 Å². The number of aliphatic hydroxyl groups excluding tert-OH is 11. The monoisotopic (exact) mass is 1430 g/mol. The largest absolute Gasteiger partial charge is 0.394 e. The molecule has 3 aliphatic rings. The molecule has 0 radical (unpaired) electrons. The fourth-order valence-corrected chi connectivity index (χ4v) is 14.1. The smallest absolute Gasteiger partial charge is 0.220 e. The number of allylic oxidation sites excluding steroid dienone is 5. The highest BCUT2D eigenvalue weighted by Crippen LogP contribution is 2.33. The van der Waals surface area contributed by atoms with E-state index in [9.17, 15) is 61.0 Å². The first-order valence-electron chi connectivity index (χ1n) is 41.2. The fourth-order valence-electron chi connectivity index (χ4n) is 14.1. The number of hydrogen-bond donors (Lipinski definition) is 12. The average molecular weight is 1430 g/mol. The number of hydrogen-bond acceptors (Lipinski definition) is 18. The molecule has 3 aliphatic heterocycles. The molecule has 1 amide bonds. The molecule has 3 rings (SSSR count). The topological polar surface area (TPSA) is 307 Å². The zero-order valence-electron chi connectivity index (χ0n) is 62.9. The highest BCUT2D eigenvalue weighted by molar-refractivity contribution is 5.76. The molecule has 0 aromatic carbocycles. The van der Waals surface area contributed by atoms with E-state index in [2.05, 4.69) is 43.5 Å². The number of carbonyl (C=O) groups excluding carboxylic acids is 1. The lowest BCUT2D eigenvalue weighted by molar-refractivity contribution is -0.379. The summed E-state index contributed by atoms with van der Waals surface area (Å²) in [5.41, 5.74) is 0. The zero-order chi connectivity index (χ0) is 72.5. The Labute approximate surface area is 606 Å². The van der Waals surface area contributed by atoms with Gasteiger partial charge in [0.2, 0.25) is 5.91 Å². The van der Waals surface area contributed by atoms with Crippen molar-refractivity contribution in [2.45, 2.75) is 446 Å². The number of aliphatic hydroxyl groups is 11. The summed E-state index contributed by atoms with van der Waals surface area (Å²) >= 11 is 0. The van der Waals surface area contributed by atoms with Crippen molar-refractivity contribution in [3.63, 3.8) is 0 Å². The molecule has 0 aromatic heterocycles. The van der Waals surface area contributed by atoms with E-state index in [1.54, 1.807) is 6.08 Å². The Balaban J connectivity index is 1.35. The van der Waals surface area contributed by atoms with Crippen LogP contribution in [0.25, 0.3) is 0 Å². The molecule has 19 nitrogen and oxygen atoms in total. The van der Waals surface area contributed by atoms with Gasteiger partial charge in [-0.1, -0.05) is 326 Å². The minimum absolute atomic E-state index is 0.236. The maximum absolute atomic E-state index is 13.5. The first kappa shape index (κ1) is 92.2. The summed E-state index contributed by atoms with van der Waals surface area (Å²) in [5, 5.41) is 121. The number of rotatable bonds is 66. The van der Waals surface area contributed by atoms with Crippen LogP contribution in [0.4, 0.5) is 0 Å². The molecule has 100 heavy (non-hydrogen) atoms. The summed E-state index contributed by atoms with van der Waals surface area (Å²) in [6.45, 7) is 1.76. The van der Waals surface area contributed by atoms with Crippen LogP contribution < -0.4 is 5.32 Å². The zero-order valence-corrected chi connectivity index (χ0v) is 62.9. The standard InChI is InChI=1S/C81H151NO18/c1-3-5-7-9-11-13-15-17-19-21-23-25-26-27-28-29-30-31-32-33-34-35-36-37-39-41-43-45-47-49-51-53-55-57-59-69(87)82-64(65(86)58-56-54-52-50-48-46-44-42-40-38-24-22-20-18-16-14-12-10-8-6-4-2)63-95-79-75(93)72(90)77(67(61-84)97-79)100-81-76(94)73(91)78(68(62-85)98-81)99-80-74(92)71(89)70(88)66(60-83)96-80/h40,42,48,50,56,58,64-68,70-81,83-86,88-94H,3-39,41,43-47,49,51-55,57,59-63H2,1-2H3,(H,82,87)/b42-40+,50-48+,58-56+. The molecule has 588 valence electrons. The van der Waals surface area contributed by atoms with Crippen molar-refractivity contribution in [3.05, 3.63) is 36.5 Å². The second-order valence-electron chi connectivity index (χ2n) is 29.6. The third-order valence-electron chi connectivity index (χ3n) is 20.7. The van der Waals surface area contributed by atoms with Gasteiger partial charge in [0.1, 0.15) is 73.2 Å². The molecule has 3 heterocycles. The van der Waals surface area contributed by atoms with Gasteiger partial charge in [0.25, 0.3) is 0 Å². The highest BCUT2D eigenvalue weighted by Gasteiger charge is 2.54. The van der Waals surface area contributed by atoms with Crippen LogP contribution in [0.5, 0.6) is 0 Å². The van der Waals surface area contributed by atoms with Crippen LogP contribution in [0.15, 0.2) is 36.5 Å². The maximum Gasteiger partial charge on any atom is 0.220 e. The Kier molecular flexibility index (Phi) is 57.3. The van der Waals surface area contributed by atoms with Crippen molar-refractivity contribution < 1.29 is 89.4 Å². The van der Waals surface area contributed by atoms with Crippen molar-refractivity contribution >= 4 is 5.91 Å². The van der Waals surface area contributed by atoms with Crippen molar-refractivity contribution in [2.75, 3.05) is 26.4 Å². The van der Waals surface area contributed by atoms with Gasteiger partial charge in [-0.25, -0.2) is 0 Å². The van der Waals surface area contributed by atoms with Crippen LogP contribution in [0.3, 0.4) is 0 Å². The van der Waals surface area contributed by atoms with Crippen molar-refractivity contribution in [2.24, 2.45) is 0 Å². The van der Waals surface area contributed by atoms with Gasteiger partial charge in [-0.05, 0) is 44.9 Å². The third kappa shape index (κ3) is 41.8. The summed E-state index contributed by atoms with van der Waals surface area (Å²) < 4.78 is 34.4. The summed E-state index contributed by atoms with van der Waals surface area (Å²) in [6.07, 6.45) is 50.1. The number of unbranched alkanes of at least 4 members (excludes halogenated alkanes) is 46. The quantitative estimate of drug-likeness (QED) is 0.0199. The molecule has 0 aromatic rings. The number of amides is 1. The third-order valence-corrected chi connectivity index (χ3v) is 20.7. The SMILES string of the molecule is CCCCCCCCCCCCC/C=C/CC/C=C/CC/C=C/C(O)C(COC1OC(CO)C(OC2OC(CO)C(OC3OC(CO)C(O)C(O)C3O)C(O)C2O)C(O)C1O)NC(=O)CCCCCCCCCCCCCCCCCCCCCCCCCCCCCCCCCCCC. The van der Waals surface area contributed by atoms with E-state index in [1.807, 2.05) is 6.08 Å². The first-order chi connectivity index (χ1) is 48.8. The van der Waals surface area contributed by atoms with Gasteiger partial charge < -0.3 is 89.9 Å². The lowest BCUT2D eigenvalue weighted by atomic mass is 9.96. The molecule has 17 atom stereocenters. The van der Waals surface area contributed by atoms with E-state index in [1.165, 1.54) is 263 Å². The second kappa shape index (κ2) is 62.1. The van der Waals surface area contributed by atoms with E-state index in [4.69, 9.17) is 28.4 Å². The van der Waals surface area contributed by atoms with Crippen LogP contribution >= 0.6 is 0 Å². The molecule has 19 heteroatoms. The average Bonchev–Trinajstić information content (AvgIpc) is 0.783. The van der Waals surface area contributed by atoms with Crippen molar-refractivity contribution in [1.29, 1.82) is 0 Å². The van der Waals surface area contributed by atoms with Crippen molar-refractivity contribution in [3.8, 4) is 0 Å². The normalized spacial score (nSPS) is 26.6. The number of carbonyl (C=O) groups is 1. The lowest BCUT2D eigenvalue weighted by Gasteiger charge is -2.48. The first-order valence-corrected chi connectivity index (χ1v) is 41.2. The Morgan fingerprint density at radius 1 is 0.350 bits per heavy atom. The second-order valence-corrected chi connectivity index (χ2v) is 29.6.